The van der Waals surface area contributed by atoms with E-state index in [9.17, 15) is 14.7 Å². The average molecular weight is 325 g/mol. The summed E-state index contributed by atoms with van der Waals surface area (Å²) >= 11 is 0. The number of hydrogen-bond acceptors (Lipinski definition) is 4. The molecule has 0 atom stereocenters. The highest BCUT2D eigenvalue weighted by atomic mass is 16.7. The third-order valence-electron chi connectivity index (χ3n) is 3.50. The molecule has 0 saturated carbocycles. The van der Waals surface area contributed by atoms with Gasteiger partial charge in [0.15, 0.2) is 11.5 Å². The second-order valence-corrected chi connectivity index (χ2v) is 5.30. The summed E-state index contributed by atoms with van der Waals surface area (Å²) in [5, 5.41) is 11.7. The maximum Gasteiger partial charge on any atom is 0.352 e. The van der Waals surface area contributed by atoms with E-state index < -0.39 is 11.9 Å². The molecule has 0 saturated heterocycles. The average Bonchev–Trinajstić information content (AvgIpc) is 3.02. The number of hydrogen-bond donors (Lipinski definition) is 2. The van der Waals surface area contributed by atoms with Crippen LogP contribution < -0.4 is 14.8 Å². The zero-order valence-corrected chi connectivity index (χ0v) is 12.9. The van der Waals surface area contributed by atoms with Crippen LogP contribution in [-0.4, -0.2) is 23.8 Å². The van der Waals surface area contributed by atoms with E-state index in [1.165, 1.54) is 6.08 Å². The molecule has 0 aromatic heterocycles. The van der Waals surface area contributed by atoms with Crippen LogP contribution in [0.15, 0.2) is 48.2 Å². The van der Waals surface area contributed by atoms with Crippen LogP contribution in [0.2, 0.25) is 0 Å². The molecule has 1 aliphatic rings. The van der Waals surface area contributed by atoms with Gasteiger partial charge in [-0.2, -0.15) is 0 Å². The van der Waals surface area contributed by atoms with Crippen molar-refractivity contribution in [3.8, 4) is 11.5 Å². The van der Waals surface area contributed by atoms with Crippen molar-refractivity contribution in [3.63, 3.8) is 0 Å². The number of amides is 1. The number of aryl methyl sites for hydroxylation is 1. The molecule has 2 aromatic carbocycles. The van der Waals surface area contributed by atoms with E-state index in [2.05, 4.69) is 5.32 Å². The molecular formula is C18H15NO5. The summed E-state index contributed by atoms with van der Waals surface area (Å²) in [6.45, 7) is 2.04. The van der Waals surface area contributed by atoms with Crippen molar-refractivity contribution < 1.29 is 24.2 Å². The highest BCUT2D eigenvalue weighted by Crippen LogP contribution is 2.33. The zero-order chi connectivity index (χ0) is 17.1. The molecule has 0 bridgehead atoms. The minimum absolute atomic E-state index is 0.137. The Balaban J connectivity index is 1.83. The van der Waals surface area contributed by atoms with E-state index >= 15 is 0 Å². The smallest absolute Gasteiger partial charge is 0.352 e. The van der Waals surface area contributed by atoms with Crippen molar-refractivity contribution in [2.45, 2.75) is 6.92 Å². The zero-order valence-electron chi connectivity index (χ0n) is 12.9. The Morgan fingerprint density at radius 1 is 1.08 bits per heavy atom. The van der Waals surface area contributed by atoms with E-state index in [-0.39, 0.29) is 12.5 Å². The van der Waals surface area contributed by atoms with Gasteiger partial charge in [-0.15, -0.1) is 0 Å². The van der Waals surface area contributed by atoms with Crippen LogP contribution >= 0.6 is 0 Å². The van der Waals surface area contributed by atoms with Crippen LogP contribution in [0.1, 0.15) is 21.5 Å². The second kappa shape index (κ2) is 6.45. The van der Waals surface area contributed by atoms with Crippen molar-refractivity contribution in [2.24, 2.45) is 0 Å². The van der Waals surface area contributed by atoms with Gasteiger partial charge in [-0.25, -0.2) is 4.79 Å². The molecule has 6 heteroatoms. The number of carboxylic acid groups (broad SMARTS) is 1. The molecule has 24 heavy (non-hydrogen) atoms. The van der Waals surface area contributed by atoms with Crippen molar-refractivity contribution in [3.05, 3.63) is 64.9 Å². The maximum atomic E-state index is 12.2. The predicted molar refractivity (Wildman–Crippen MR) is 86.8 cm³/mol. The van der Waals surface area contributed by atoms with Crippen LogP contribution in [0.25, 0.3) is 6.08 Å². The first kappa shape index (κ1) is 15.6. The molecule has 1 aliphatic heterocycles. The van der Waals surface area contributed by atoms with E-state index in [1.807, 2.05) is 6.92 Å². The first-order chi connectivity index (χ1) is 11.5. The van der Waals surface area contributed by atoms with Crippen molar-refractivity contribution >= 4 is 18.0 Å². The lowest BCUT2D eigenvalue weighted by Gasteiger charge is -2.07. The fraction of sp³-hybridized carbons (Fsp3) is 0.111. The Morgan fingerprint density at radius 3 is 2.50 bits per heavy atom. The number of carbonyl (C=O) groups is 2. The molecular weight excluding hydrogens is 310 g/mol. The number of carboxylic acids is 1. The summed E-state index contributed by atoms with van der Waals surface area (Å²) in [7, 11) is 0. The molecule has 2 aromatic rings. The summed E-state index contributed by atoms with van der Waals surface area (Å²) in [6.07, 6.45) is 1.37. The fourth-order valence-corrected chi connectivity index (χ4v) is 2.22. The molecule has 1 heterocycles. The van der Waals surface area contributed by atoms with Gasteiger partial charge in [-0.05, 0) is 42.8 Å². The molecule has 3 rings (SSSR count). The van der Waals surface area contributed by atoms with Crippen LogP contribution in [0.5, 0.6) is 11.5 Å². The van der Waals surface area contributed by atoms with E-state index in [1.54, 1.807) is 42.5 Å². The highest BCUT2D eigenvalue weighted by Gasteiger charge is 2.16. The largest absolute Gasteiger partial charge is 0.477 e. The fourth-order valence-electron chi connectivity index (χ4n) is 2.22. The molecule has 0 fully saturated rings. The number of nitrogens with one attached hydrogen (secondary N) is 1. The molecule has 0 unspecified atom stereocenters. The molecule has 0 aliphatic carbocycles. The van der Waals surface area contributed by atoms with Gasteiger partial charge < -0.3 is 19.9 Å². The van der Waals surface area contributed by atoms with Crippen LogP contribution in [0, 0.1) is 6.92 Å². The normalized spacial score (nSPS) is 12.8. The number of benzene rings is 2. The molecule has 6 nitrogen and oxygen atoms in total. The minimum atomic E-state index is -1.23. The molecule has 2 N–H and O–H groups in total. The number of aliphatic carboxylic acids is 1. The van der Waals surface area contributed by atoms with Gasteiger partial charge in [-0.1, -0.05) is 23.8 Å². The number of carbonyl (C=O) groups excluding carboxylic acids is 1. The summed E-state index contributed by atoms with van der Waals surface area (Å²) in [6, 6.07) is 11.9. The Morgan fingerprint density at radius 2 is 1.79 bits per heavy atom. The van der Waals surface area contributed by atoms with Gasteiger partial charge in [0.1, 0.15) is 5.70 Å². The Bertz CT molecular complexity index is 824. The van der Waals surface area contributed by atoms with Gasteiger partial charge in [0, 0.05) is 5.56 Å². The van der Waals surface area contributed by atoms with Crippen molar-refractivity contribution in [2.75, 3.05) is 6.79 Å². The lowest BCUT2D eigenvalue weighted by atomic mass is 10.1. The van der Waals surface area contributed by atoms with E-state index in [4.69, 9.17) is 9.47 Å². The van der Waals surface area contributed by atoms with Crippen molar-refractivity contribution in [1.29, 1.82) is 0 Å². The summed E-state index contributed by atoms with van der Waals surface area (Å²) in [4.78, 5) is 23.6. The Labute approximate surface area is 138 Å². The van der Waals surface area contributed by atoms with Gasteiger partial charge >= 0.3 is 5.97 Å². The second-order valence-electron chi connectivity index (χ2n) is 5.30. The third kappa shape index (κ3) is 3.38. The quantitative estimate of drug-likeness (QED) is 0.844. The SMILES string of the molecule is Cc1ccc(C(=O)NC(=Cc2ccc3c(c2)OCO3)C(=O)O)cc1. The summed E-state index contributed by atoms with van der Waals surface area (Å²) in [5.74, 6) is -0.566. The first-order valence-electron chi connectivity index (χ1n) is 7.25. The summed E-state index contributed by atoms with van der Waals surface area (Å²) in [5.41, 5.74) is 1.76. The Kier molecular flexibility index (Phi) is 4.20. The van der Waals surface area contributed by atoms with Crippen molar-refractivity contribution in [1.82, 2.24) is 5.32 Å². The number of fused-ring (bicyclic) bond motifs is 1. The number of rotatable bonds is 4. The minimum Gasteiger partial charge on any atom is -0.477 e. The topological polar surface area (TPSA) is 84.9 Å². The van der Waals surface area contributed by atoms with Crippen LogP contribution in [-0.2, 0) is 4.79 Å². The highest BCUT2D eigenvalue weighted by molar-refractivity contribution is 6.02. The molecule has 122 valence electrons. The van der Waals surface area contributed by atoms with E-state index in [0.717, 1.165) is 5.56 Å². The first-order valence-corrected chi connectivity index (χ1v) is 7.25. The lowest BCUT2D eigenvalue weighted by molar-refractivity contribution is -0.132. The monoisotopic (exact) mass is 325 g/mol. The van der Waals surface area contributed by atoms with Crippen LogP contribution in [0.3, 0.4) is 0 Å². The standard InChI is InChI=1S/C18H15NO5/c1-11-2-5-13(6-3-11)17(20)19-14(18(21)22)8-12-4-7-15-16(9-12)24-10-23-15/h2-9H,10H2,1H3,(H,19,20)(H,21,22). The van der Waals surface area contributed by atoms with Gasteiger partial charge in [-0.3, -0.25) is 4.79 Å². The predicted octanol–water partition coefficient (Wildman–Crippen LogP) is 2.58. The van der Waals surface area contributed by atoms with Gasteiger partial charge in [0.2, 0.25) is 6.79 Å². The molecule has 0 spiro atoms. The molecule has 0 radical (unpaired) electrons. The summed E-state index contributed by atoms with van der Waals surface area (Å²) < 4.78 is 10.5. The maximum absolute atomic E-state index is 12.2. The Hall–Kier alpha value is -3.28. The van der Waals surface area contributed by atoms with E-state index in [0.29, 0.717) is 22.6 Å². The van der Waals surface area contributed by atoms with Crippen LogP contribution in [0.4, 0.5) is 0 Å². The number of ether oxygens (including phenoxy) is 2. The third-order valence-corrected chi connectivity index (χ3v) is 3.50. The van der Waals surface area contributed by atoms with Gasteiger partial charge in [0.05, 0.1) is 0 Å². The lowest BCUT2D eigenvalue weighted by Crippen LogP contribution is -2.27. The van der Waals surface area contributed by atoms with Gasteiger partial charge in [0.25, 0.3) is 5.91 Å². The molecule has 1 amide bonds.